The summed E-state index contributed by atoms with van der Waals surface area (Å²) in [6.45, 7) is 0. The number of nitrogens with two attached hydrogens (primary N) is 4. The molecule has 9 N–H and O–H groups in total. The summed E-state index contributed by atoms with van der Waals surface area (Å²) in [7, 11) is -3.74. The van der Waals surface area contributed by atoms with Gasteiger partial charge in [0.15, 0.2) is 0 Å². The molecule has 1 aromatic carbocycles. The summed E-state index contributed by atoms with van der Waals surface area (Å²) in [5, 5.41) is 7.74. The number of benzene rings is 1. The molecule has 0 aliphatic rings. The van der Waals surface area contributed by atoms with Gasteiger partial charge in [-0.25, -0.2) is 13.6 Å². The molecule has 0 aliphatic heterocycles. The molecule has 0 bridgehead atoms. The van der Waals surface area contributed by atoms with E-state index in [-0.39, 0.29) is 28.4 Å². The smallest absolute Gasteiger partial charge is 0.256 e. The van der Waals surface area contributed by atoms with Gasteiger partial charge >= 0.3 is 0 Å². The van der Waals surface area contributed by atoms with Crippen molar-refractivity contribution in [1.29, 1.82) is 0 Å². The highest BCUT2D eigenvalue weighted by Crippen LogP contribution is 2.14. The largest absolute Gasteiger partial charge is 0.383 e. The van der Waals surface area contributed by atoms with Gasteiger partial charge in [-0.3, -0.25) is 0 Å². The van der Waals surface area contributed by atoms with Gasteiger partial charge in [0.2, 0.25) is 16.0 Å². The van der Waals surface area contributed by atoms with E-state index in [9.17, 15) is 8.42 Å². The maximum absolute atomic E-state index is 11.1. The number of nitrogens with one attached hydrogen (secondary N) is 1. The van der Waals surface area contributed by atoms with Crippen LogP contribution >= 0.6 is 0 Å². The molecule has 0 fully saturated rings. The Labute approximate surface area is 126 Å². The predicted molar refractivity (Wildman–Crippen MR) is 83.6 cm³/mol. The molecule has 2 aromatic rings. The Hall–Kier alpha value is -2.92. The molecule has 0 spiro atoms. The van der Waals surface area contributed by atoms with Gasteiger partial charge in [0.25, 0.3) is 5.95 Å². The number of anilines is 3. The van der Waals surface area contributed by atoms with Crippen LogP contribution in [0, 0.1) is 0 Å². The summed E-state index contributed by atoms with van der Waals surface area (Å²) in [6, 6.07) is 7.02. The zero-order chi connectivity index (χ0) is 16.3. The van der Waals surface area contributed by atoms with Gasteiger partial charge in [0.1, 0.15) is 11.6 Å². The molecule has 0 radical (unpaired) electrons. The van der Waals surface area contributed by atoms with Crippen LogP contribution in [0.25, 0.3) is 0 Å². The predicted octanol–water partition coefficient (Wildman–Crippen LogP) is -0.653. The van der Waals surface area contributed by atoms with Crippen LogP contribution in [0.3, 0.4) is 0 Å². The minimum atomic E-state index is -3.74. The van der Waals surface area contributed by atoms with Gasteiger partial charge in [-0.15, -0.1) is 0 Å². The van der Waals surface area contributed by atoms with Gasteiger partial charge in [-0.05, 0) is 24.3 Å². The third-order valence-corrected chi connectivity index (χ3v) is 3.36. The van der Waals surface area contributed by atoms with Crippen LogP contribution in [0.2, 0.25) is 0 Å². The Morgan fingerprint density at radius 2 is 1.64 bits per heavy atom. The lowest BCUT2D eigenvalue weighted by molar-refractivity contribution is 0.598. The lowest BCUT2D eigenvalue weighted by Gasteiger charge is -2.06. The monoisotopic (exact) mass is 322 g/mol. The Bertz CT molecular complexity index is 796. The highest BCUT2D eigenvalue weighted by Gasteiger charge is 2.07. The highest BCUT2D eigenvalue weighted by atomic mass is 32.2. The average Bonchev–Trinajstić information content (AvgIpc) is 2.36. The van der Waals surface area contributed by atoms with Crippen LogP contribution in [-0.2, 0) is 10.0 Å². The van der Waals surface area contributed by atoms with E-state index in [4.69, 9.17) is 22.3 Å². The number of guanidine groups is 1. The lowest BCUT2D eigenvalue weighted by Crippen LogP contribution is -2.22. The quantitative estimate of drug-likeness (QED) is 0.363. The first-order valence-corrected chi connectivity index (χ1v) is 7.43. The number of aromatic nitrogens is 2. The van der Waals surface area contributed by atoms with Crippen LogP contribution in [0.4, 0.5) is 23.3 Å². The van der Waals surface area contributed by atoms with E-state index < -0.39 is 10.0 Å². The van der Waals surface area contributed by atoms with Crippen molar-refractivity contribution in [1.82, 2.24) is 9.97 Å². The molecule has 0 aliphatic carbocycles. The van der Waals surface area contributed by atoms with Crippen LogP contribution in [0.15, 0.2) is 40.2 Å². The molecule has 0 saturated carbocycles. The van der Waals surface area contributed by atoms with Crippen LogP contribution < -0.4 is 27.7 Å². The van der Waals surface area contributed by atoms with Gasteiger partial charge in [-0.2, -0.15) is 15.0 Å². The van der Waals surface area contributed by atoms with E-state index in [0.717, 1.165) is 0 Å². The van der Waals surface area contributed by atoms with Crippen molar-refractivity contribution in [3.05, 3.63) is 30.3 Å². The zero-order valence-electron chi connectivity index (χ0n) is 11.3. The van der Waals surface area contributed by atoms with Crippen molar-refractivity contribution in [3.8, 4) is 0 Å². The molecule has 0 atom stereocenters. The van der Waals surface area contributed by atoms with Gasteiger partial charge in [-0.1, -0.05) is 0 Å². The van der Waals surface area contributed by atoms with Crippen molar-refractivity contribution in [3.63, 3.8) is 0 Å². The van der Waals surface area contributed by atoms with Gasteiger partial charge in [0, 0.05) is 11.8 Å². The van der Waals surface area contributed by atoms with Crippen molar-refractivity contribution < 1.29 is 8.42 Å². The van der Waals surface area contributed by atoms with E-state index in [1.807, 2.05) is 0 Å². The van der Waals surface area contributed by atoms with Gasteiger partial charge < -0.3 is 22.5 Å². The molecule has 1 aromatic heterocycles. The van der Waals surface area contributed by atoms with Crippen LogP contribution in [-0.4, -0.2) is 24.3 Å². The molecule has 0 unspecified atom stereocenters. The first kappa shape index (κ1) is 15.5. The van der Waals surface area contributed by atoms with E-state index in [0.29, 0.717) is 5.69 Å². The first-order chi connectivity index (χ1) is 10.2. The number of hydrogen-bond acceptors (Lipinski definition) is 7. The number of rotatable bonds is 3. The second kappa shape index (κ2) is 5.83. The first-order valence-electron chi connectivity index (χ1n) is 5.88. The van der Waals surface area contributed by atoms with E-state index in [2.05, 4.69) is 20.3 Å². The molecule has 1 heterocycles. The molecule has 10 nitrogen and oxygen atoms in total. The minimum Gasteiger partial charge on any atom is -0.383 e. The molecule has 0 saturated heterocycles. The third-order valence-electron chi connectivity index (χ3n) is 2.43. The third kappa shape index (κ3) is 4.04. The second-order valence-electron chi connectivity index (χ2n) is 4.21. The maximum Gasteiger partial charge on any atom is 0.256 e. The standard InChI is InChI=1S/C11H14N8O2S/c12-8-5-9(13)18-11(17-8)19-10(14)16-6-1-3-7(4-2-6)22(15,20)21/h1-5H,(H2,15,20,21)(H7,12,13,14,16,17,18,19). The summed E-state index contributed by atoms with van der Waals surface area (Å²) < 4.78 is 22.3. The molecule has 116 valence electrons. The topological polar surface area (TPSA) is 188 Å². The second-order valence-corrected chi connectivity index (χ2v) is 5.77. The van der Waals surface area contributed by atoms with E-state index in [1.165, 1.54) is 30.3 Å². The Morgan fingerprint density at radius 3 is 2.14 bits per heavy atom. The number of primary sulfonamides is 1. The summed E-state index contributed by atoms with van der Waals surface area (Å²) in [5.41, 5.74) is 17.2. The number of nitrogens with zero attached hydrogens (tertiary/aromatic N) is 3. The fourth-order valence-electron chi connectivity index (χ4n) is 1.53. The van der Waals surface area contributed by atoms with Crippen molar-refractivity contribution in [2.75, 3.05) is 16.8 Å². The summed E-state index contributed by atoms with van der Waals surface area (Å²) in [5.74, 6) is 0.310. The Morgan fingerprint density at radius 1 is 1.09 bits per heavy atom. The SMILES string of the molecule is NC(=Nc1nc(N)cc(N)n1)Nc1ccc(S(N)(=O)=O)cc1. The number of hydrogen-bond donors (Lipinski definition) is 5. The van der Waals surface area contributed by atoms with Crippen LogP contribution in [0.5, 0.6) is 0 Å². The zero-order valence-corrected chi connectivity index (χ0v) is 12.1. The van der Waals surface area contributed by atoms with E-state index in [1.54, 1.807) is 0 Å². The van der Waals surface area contributed by atoms with Crippen molar-refractivity contribution >= 4 is 39.3 Å². The lowest BCUT2D eigenvalue weighted by atomic mass is 10.3. The molecule has 2 rings (SSSR count). The van der Waals surface area contributed by atoms with Crippen molar-refractivity contribution in [2.45, 2.75) is 4.90 Å². The molecular weight excluding hydrogens is 308 g/mol. The number of nitrogen functional groups attached to an aromatic ring is 2. The normalized spacial score (nSPS) is 12.1. The Balaban J connectivity index is 2.17. The van der Waals surface area contributed by atoms with Crippen LogP contribution in [0.1, 0.15) is 0 Å². The number of sulfonamides is 1. The molecule has 0 amide bonds. The molecule has 22 heavy (non-hydrogen) atoms. The minimum absolute atomic E-state index is 0.00339. The van der Waals surface area contributed by atoms with E-state index >= 15 is 0 Å². The van der Waals surface area contributed by atoms with Crippen molar-refractivity contribution in [2.24, 2.45) is 15.9 Å². The summed E-state index contributed by atoms with van der Waals surface area (Å²) in [4.78, 5) is 11.6. The fourth-order valence-corrected chi connectivity index (χ4v) is 2.05. The average molecular weight is 322 g/mol. The number of aliphatic imine (C=N–C) groups is 1. The highest BCUT2D eigenvalue weighted by molar-refractivity contribution is 7.89. The maximum atomic E-state index is 11.1. The fraction of sp³-hybridized carbons (Fsp3) is 0. The summed E-state index contributed by atoms with van der Waals surface area (Å²) >= 11 is 0. The molecule has 11 heteroatoms. The Kier molecular flexibility index (Phi) is 4.10. The molecular formula is C11H14N8O2S. The summed E-state index contributed by atoms with van der Waals surface area (Å²) in [6.07, 6.45) is 0. The van der Waals surface area contributed by atoms with Gasteiger partial charge in [0.05, 0.1) is 4.90 Å².